The van der Waals surface area contributed by atoms with E-state index in [1.165, 1.54) is 5.56 Å². The van der Waals surface area contributed by atoms with Crippen LogP contribution in [0.25, 0.3) is 0 Å². The maximum Gasteiger partial charge on any atom is 0.272 e. The van der Waals surface area contributed by atoms with E-state index in [1.54, 1.807) is 6.07 Å². The molecule has 27 heavy (non-hydrogen) atoms. The average molecular weight is 367 g/mol. The molecule has 2 heterocycles. The molecular weight excluding hydrogens is 336 g/mol. The second kappa shape index (κ2) is 8.98. The normalized spacial score (nSPS) is 15.2. The molecule has 5 heteroatoms. The van der Waals surface area contributed by atoms with E-state index in [2.05, 4.69) is 59.5 Å². The summed E-state index contributed by atoms with van der Waals surface area (Å²) in [6.07, 6.45) is 3.19. The Morgan fingerprint density at radius 1 is 1.19 bits per heavy atom. The van der Waals surface area contributed by atoms with Crippen LogP contribution in [-0.2, 0) is 6.42 Å². The summed E-state index contributed by atoms with van der Waals surface area (Å²) in [6, 6.07) is 12.4. The maximum absolute atomic E-state index is 12.9. The first-order chi connectivity index (χ1) is 13.0. The summed E-state index contributed by atoms with van der Waals surface area (Å²) in [4.78, 5) is 23.6. The van der Waals surface area contributed by atoms with Crippen molar-refractivity contribution in [3.63, 3.8) is 0 Å². The number of carbonyl (C=O) groups excluding carboxylic acids is 1. The predicted molar refractivity (Wildman–Crippen MR) is 109 cm³/mol. The van der Waals surface area contributed by atoms with Crippen molar-refractivity contribution in [3.8, 4) is 0 Å². The fraction of sp³-hybridized carbons (Fsp3) is 0.500. The fourth-order valence-electron chi connectivity index (χ4n) is 3.53. The molecule has 1 N–H and O–H groups in total. The second-order valence-corrected chi connectivity index (χ2v) is 7.89. The van der Waals surface area contributed by atoms with Crippen molar-refractivity contribution in [2.45, 2.75) is 40.0 Å². The van der Waals surface area contributed by atoms with E-state index >= 15 is 0 Å². The molecule has 1 aromatic heterocycles. The first kappa shape index (κ1) is 19.3. The van der Waals surface area contributed by atoms with Crippen molar-refractivity contribution in [1.82, 2.24) is 14.9 Å². The highest BCUT2D eigenvalue weighted by atomic mass is 16.2. The Morgan fingerprint density at radius 2 is 1.89 bits per heavy atom. The zero-order valence-electron chi connectivity index (χ0n) is 16.6. The number of nitrogens with one attached hydrogen (secondary N) is 1. The van der Waals surface area contributed by atoms with Gasteiger partial charge in [0.15, 0.2) is 0 Å². The summed E-state index contributed by atoms with van der Waals surface area (Å²) in [7, 11) is 0. The van der Waals surface area contributed by atoms with Gasteiger partial charge in [-0.15, -0.1) is 0 Å². The standard InChI is InChI=1S/C22H30N4O/c1-16(2)15-23-21-14-20(24-17(3)25-21)22(27)26-11-9-19(10-12-26)13-18-7-5-4-6-8-18/h4-8,14,16,19H,9-13,15H2,1-3H3,(H,23,24,25). The molecule has 0 atom stereocenters. The van der Waals surface area contributed by atoms with E-state index in [9.17, 15) is 4.79 Å². The Bertz CT molecular complexity index is 752. The van der Waals surface area contributed by atoms with Gasteiger partial charge in [0.05, 0.1) is 0 Å². The minimum Gasteiger partial charge on any atom is -0.370 e. The number of carbonyl (C=O) groups is 1. The van der Waals surface area contributed by atoms with E-state index in [4.69, 9.17) is 0 Å². The number of hydrogen-bond donors (Lipinski definition) is 1. The van der Waals surface area contributed by atoms with Crippen LogP contribution in [0.5, 0.6) is 0 Å². The first-order valence-corrected chi connectivity index (χ1v) is 9.94. The zero-order chi connectivity index (χ0) is 19.2. The number of piperidine rings is 1. The molecule has 0 radical (unpaired) electrons. The number of aromatic nitrogens is 2. The number of nitrogens with zero attached hydrogens (tertiary/aromatic N) is 3. The zero-order valence-corrected chi connectivity index (χ0v) is 16.6. The van der Waals surface area contributed by atoms with Crippen molar-refractivity contribution in [3.05, 3.63) is 53.5 Å². The smallest absolute Gasteiger partial charge is 0.272 e. The molecule has 0 saturated carbocycles. The van der Waals surface area contributed by atoms with Gasteiger partial charge in [-0.3, -0.25) is 4.79 Å². The number of benzene rings is 1. The lowest BCUT2D eigenvalue weighted by Crippen LogP contribution is -2.39. The van der Waals surface area contributed by atoms with Crippen LogP contribution >= 0.6 is 0 Å². The molecule has 1 aliphatic heterocycles. The van der Waals surface area contributed by atoms with Gasteiger partial charge in [-0.1, -0.05) is 44.2 Å². The van der Waals surface area contributed by atoms with Crippen LogP contribution in [0.2, 0.25) is 0 Å². The minimum atomic E-state index is 0.0197. The van der Waals surface area contributed by atoms with Crippen molar-refractivity contribution in [1.29, 1.82) is 0 Å². The van der Waals surface area contributed by atoms with Crippen LogP contribution in [0, 0.1) is 18.8 Å². The van der Waals surface area contributed by atoms with Gasteiger partial charge in [-0.25, -0.2) is 9.97 Å². The van der Waals surface area contributed by atoms with Crippen LogP contribution in [0.15, 0.2) is 36.4 Å². The highest BCUT2D eigenvalue weighted by Gasteiger charge is 2.25. The summed E-state index contributed by atoms with van der Waals surface area (Å²) in [5.41, 5.74) is 1.88. The van der Waals surface area contributed by atoms with E-state index in [0.29, 0.717) is 23.4 Å². The number of hydrogen-bond acceptors (Lipinski definition) is 4. The van der Waals surface area contributed by atoms with Crippen LogP contribution in [-0.4, -0.2) is 40.4 Å². The minimum absolute atomic E-state index is 0.0197. The highest BCUT2D eigenvalue weighted by molar-refractivity contribution is 5.93. The lowest BCUT2D eigenvalue weighted by molar-refractivity contribution is 0.0684. The SMILES string of the molecule is Cc1nc(NCC(C)C)cc(C(=O)N2CCC(Cc3ccccc3)CC2)n1. The number of rotatable bonds is 6. The molecule has 1 aliphatic rings. The van der Waals surface area contributed by atoms with Crippen LogP contribution in [0.1, 0.15) is 48.6 Å². The lowest BCUT2D eigenvalue weighted by atomic mass is 9.90. The molecule has 1 amide bonds. The molecular formula is C22H30N4O. The van der Waals surface area contributed by atoms with Gasteiger partial charge in [0.2, 0.25) is 0 Å². The van der Waals surface area contributed by atoms with Crippen molar-refractivity contribution >= 4 is 11.7 Å². The lowest BCUT2D eigenvalue weighted by Gasteiger charge is -2.32. The molecule has 144 valence electrons. The van der Waals surface area contributed by atoms with Crippen molar-refractivity contribution in [2.24, 2.45) is 11.8 Å². The molecule has 0 bridgehead atoms. The van der Waals surface area contributed by atoms with Crippen LogP contribution in [0.3, 0.4) is 0 Å². The molecule has 5 nitrogen and oxygen atoms in total. The maximum atomic E-state index is 12.9. The summed E-state index contributed by atoms with van der Waals surface area (Å²) >= 11 is 0. The topological polar surface area (TPSA) is 58.1 Å². The summed E-state index contributed by atoms with van der Waals surface area (Å²) < 4.78 is 0. The molecule has 3 rings (SSSR count). The molecule has 2 aromatic rings. The number of anilines is 1. The predicted octanol–water partition coefficient (Wildman–Crippen LogP) is 3.95. The Kier molecular flexibility index (Phi) is 6.43. The van der Waals surface area contributed by atoms with Gasteiger partial charge >= 0.3 is 0 Å². The molecule has 0 aliphatic carbocycles. The average Bonchev–Trinajstić information content (AvgIpc) is 2.67. The number of amides is 1. The monoisotopic (exact) mass is 366 g/mol. The van der Waals surface area contributed by atoms with Gasteiger partial charge in [-0.05, 0) is 43.6 Å². The number of likely N-dealkylation sites (tertiary alicyclic amines) is 1. The summed E-state index contributed by atoms with van der Waals surface area (Å²) in [5, 5.41) is 3.30. The molecule has 1 aromatic carbocycles. The van der Waals surface area contributed by atoms with Gasteiger partial charge in [0, 0.05) is 25.7 Å². The van der Waals surface area contributed by atoms with Gasteiger partial charge in [-0.2, -0.15) is 0 Å². The summed E-state index contributed by atoms with van der Waals surface area (Å²) in [6.45, 7) is 8.56. The van der Waals surface area contributed by atoms with E-state index in [-0.39, 0.29) is 5.91 Å². The van der Waals surface area contributed by atoms with E-state index in [0.717, 1.165) is 44.7 Å². The van der Waals surface area contributed by atoms with Gasteiger partial charge < -0.3 is 10.2 Å². The molecule has 0 unspecified atom stereocenters. The van der Waals surface area contributed by atoms with Crippen LogP contribution in [0.4, 0.5) is 5.82 Å². The van der Waals surface area contributed by atoms with Gasteiger partial charge in [0.1, 0.15) is 17.3 Å². The molecule has 1 fully saturated rings. The highest BCUT2D eigenvalue weighted by Crippen LogP contribution is 2.23. The molecule has 1 saturated heterocycles. The fourth-order valence-corrected chi connectivity index (χ4v) is 3.53. The molecule has 0 spiro atoms. The second-order valence-electron chi connectivity index (χ2n) is 7.89. The Morgan fingerprint density at radius 3 is 2.56 bits per heavy atom. The van der Waals surface area contributed by atoms with Gasteiger partial charge in [0.25, 0.3) is 5.91 Å². The number of aryl methyl sites for hydroxylation is 1. The van der Waals surface area contributed by atoms with E-state index < -0.39 is 0 Å². The van der Waals surface area contributed by atoms with Crippen molar-refractivity contribution in [2.75, 3.05) is 25.0 Å². The third kappa shape index (κ3) is 5.52. The third-order valence-electron chi connectivity index (χ3n) is 5.02. The Labute approximate surface area is 162 Å². The van der Waals surface area contributed by atoms with E-state index in [1.807, 2.05) is 11.8 Å². The van der Waals surface area contributed by atoms with Crippen molar-refractivity contribution < 1.29 is 4.79 Å². The van der Waals surface area contributed by atoms with Crippen LogP contribution < -0.4 is 5.32 Å². The first-order valence-electron chi connectivity index (χ1n) is 9.94. The third-order valence-corrected chi connectivity index (χ3v) is 5.02. The Hall–Kier alpha value is -2.43. The Balaban J connectivity index is 1.58. The summed E-state index contributed by atoms with van der Waals surface area (Å²) in [5.74, 6) is 2.55. The quantitative estimate of drug-likeness (QED) is 0.841. The largest absolute Gasteiger partial charge is 0.370 e.